The van der Waals surface area contributed by atoms with Crippen molar-refractivity contribution in [2.75, 3.05) is 40.1 Å². The maximum atomic E-state index is 13.7. The Labute approximate surface area is 269 Å². The molecule has 1 aromatic heterocycles. The molecule has 1 N–H and O–H groups in total. The van der Waals surface area contributed by atoms with Gasteiger partial charge in [0.2, 0.25) is 5.88 Å². The number of nitrogens with zero attached hydrogens (tertiary/aromatic N) is 3. The molecule has 2 fully saturated rings. The molecule has 7 rings (SSSR count). The molecule has 0 spiro atoms. The highest BCUT2D eigenvalue weighted by molar-refractivity contribution is 7.87. The molecular formula is C35H38N4O6S. The smallest absolute Gasteiger partial charge is 0.340 e. The van der Waals surface area contributed by atoms with Crippen molar-refractivity contribution < 1.29 is 26.8 Å². The van der Waals surface area contributed by atoms with Gasteiger partial charge in [0.1, 0.15) is 17.3 Å². The minimum atomic E-state index is -4.24. The van der Waals surface area contributed by atoms with E-state index in [1.807, 2.05) is 43.3 Å². The average Bonchev–Trinajstić information content (AvgIpc) is 3.58. The van der Waals surface area contributed by atoms with Crippen LogP contribution < -0.4 is 19.0 Å². The summed E-state index contributed by atoms with van der Waals surface area (Å²) < 4.78 is 51.0. The molecule has 4 heterocycles. The van der Waals surface area contributed by atoms with Gasteiger partial charge in [-0.05, 0) is 61.7 Å². The predicted octanol–water partition coefficient (Wildman–Crippen LogP) is 5.10. The lowest BCUT2D eigenvalue weighted by molar-refractivity contribution is 0.0504. The van der Waals surface area contributed by atoms with Crippen molar-refractivity contribution in [3.8, 4) is 17.6 Å². The molecule has 3 aliphatic heterocycles. The Morgan fingerprint density at radius 1 is 1.04 bits per heavy atom. The maximum Gasteiger partial charge on any atom is 0.340 e. The van der Waals surface area contributed by atoms with Crippen LogP contribution in [0, 0.1) is 6.92 Å². The van der Waals surface area contributed by atoms with E-state index < -0.39 is 16.0 Å². The molecule has 2 atom stereocenters. The number of fused-ring (bicyclic) bond motifs is 3. The van der Waals surface area contributed by atoms with E-state index in [1.165, 1.54) is 17.7 Å². The van der Waals surface area contributed by atoms with Gasteiger partial charge in [-0.2, -0.15) is 18.4 Å². The van der Waals surface area contributed by atoms with E-state index in [2.05, 4.69) is 21.8 Å². The Morgan fingerprint density at radius 3 is 2.70 bits per heavy atom. The summed E-state index contributed by atoms with van der Waals surface area (Å²) in [6.07, 6.45) is 2.95. The zero-order valence-corrected chi connectivity index (χ0v) is 26.9. The minimum absolute atomic E-state index is 0.0395. The van der Waals surface area contributed by atoms with Crippen molar-refractivity contribution in [2.45, 2.75) is 49.1 Å². The first kappa shape index (κ1) is 30.6. The van der Waals surface area contributed by atoms with Gasteiger partial charge in [0, 0.05) is 43.8 Å². The van der Waals surface area contributed by atoms with Crippen molar-refractivity contribution in [3.63, 3.8) is 0 Å². The lowest BCUT2D eigenvalue weighted by atomic mass is 9.84. The van der Waals surface area contributed by atoms with Crippen LogP contribution in [0.3, 0.4) is 0 Å². The summed E-state index contributed by atoms with van der Waals surface area (Å²) in [6.45, 7) is 9.29. The molecule has 46 heavy (non-hydrogen) atoms. The summed E-state index contributed by atoms with van der Waals surface area (Å²) in [5.41, 5.74) is 4.03. The highest BCUT2D eigenvalue weighted by Crippen LogP contribution is 2.45. The number of rotatable bonds is 10. The van der Waals surface area contributed by atoms with E-state index in [0.29, 0.717) is 36.7 Å². The Morgan fingerprint density at radius 2 is 1.87 bits per heavy atom. The molecule has 2 unspecified atom stereocenters. The number of nitrogens with one attached hydrogen (secondary N) is 1. The lowest BCUT2D eigenvalue weighted by Gasteiger charge is -2.32. The van der Waals surface area contributed by atoms with Gasteiger partial charge in [-0.25, -0.2) is 0 Å². The van der Waals surface area contributed by atoms with Crippen LogP contribution in [0.4, 0.5) is 0 Å². The fourth-order valence-corrected chi connectivity index (χ4v) is 8.05. The van der Waals surface area contributed by atoms with Crippen LogP contribution in [-0.4, -0.2) is 69.0 Å². The SMILES string of the molecule is C=C1CN2CCCC2(COc2nc3c(c(OS(=O)(=O)c4ccc(C)cc4)n2)C(c2c(OCOC)ccc4ccccc24)CNC3)C1. The number of ether oxygens (including phenoxy) is 3. The zero-order valence-electron chi connectivity index (χ0n) is 26.1. The average molecular weight is 643 g/mol. The maximum absolute atomic E-state index is 13.7. The largest absolute Gasteiger partial charge is 0.467 e. The molecule has 10 nitrogen and oxygen atoms in total. The number of aromatic nitrogens is 2. The summed E-state index contributed by atoms with van der Waals surface area (Å²) in [4.78, 5) is 12.0. The molecule has 0 amide bonds. The molecule has 0 saturated carbocycles. The van der Waals surface area contributed by atoms with Crippen molar-refractivity contribution >= 4 is 20.9 Å². The second-order valence-electron chi connectivity index (χ2n) is 12.4. The minimum Gasteiger partial charge on any atom is -0.467 e. The Kier molecular flexibility index (Phi) is 8.18. The lowest BCUT2D eigenvalue weighted by Crippen LogP contribution is -2.43. The first-order chi connectivity index (χ1) is 22.3. The third kappa shape index (κ3) is 5.72. The summed E-state index contributed by atoms with van der Waals surface area (Å²) >= 11 is 0. The molecule has 0 bridgehead atoms. The fourth-order valence-electron chi connectivity index (χ4n) is 7.15. The molecule has 11 heteroatoms. The fraction of sp³-hybridized carbons (Fsp3) is 0.371. The Balaban J connectivity index is 1.34. The molecule has 2 saturated heterocycles. The molecule has 240 valence electrons. The number of methoxy groups -OCH3 is 1. The number of hydrogen-bond donors (Lipinski definition) is 1. The van der Waals surface area contributed by atoms with Gasteiger partial charge < -0.3 is 23.7 Å². The quantitative estimate of drug-likeness (QED) is 0.143. The summed E-state index contributed by atoms with van der Waals surface area (Å²) in [5.74, 6) is 0.171. The third-order valence-electron chi connectivity index (χ3n) is 9.27. The van der Waals surface area contributed by atoms with E-state index in [9.17, 15) is 8.42 Å². The van der Waals surface area contributed by atoms with Gasteiger partial charge in [-0.15, -0.1) is 0 Å². The topological polar surface area (TPSA) is 112 Å². The molecule has 3 aromatic carbocycles. The second-order valence-corrected chi connectivity index (χ2v) is 14.0. The molecule has 4 aromatic rings. The van der Waals surface area contributed by atoms with E-state index in [0.717, 1.165) is 54.3 Å². The van der Waals surface area contributed by atoms with E-state index >= 15 is 0 Å². The van der Waals surface area contributed by atoms with Crippen molar-refractivity contribution in [1.29, 1.82) is 0 Å². The van der Waals surface area contributed by atoms with Gasteiger partial charge in [0.15, 0.2) is 6.79 Å². The predicted molar refractivity (Wildman–Crippen MR) is 174 cm³/mol. The zero-order chi connectivity index (χ0) is 31.9. The third-order valence-corrected chi connectivity index (χ3v) is 10.5. The van der Waals surface area contributed by atoms with Crippen LogP contribution in [0.25, 0.3) is 10.8 Å². The Hall–Kier alpha value is -4.03. The van der Waals surface area contributed by atoms with Gasteiger partial charge in [-0.3, -0.25) is 4.90 Å². The number of hydrogen-bond acceptors (Lipinski definition) is 10. The monoisotopic (exact) mass is 642 g/mol. The molecule has 0 radical (unpaired) electrons. The van der Waals surface area contributed by atoms with Crippen molar-refractivity contribution in [3.05, 3.63) is 95.2 Å². The highest BCUT2D eigenvalue weighted by Gasteiger charge is 2.46. The van der Waals surface area contributed by atoms with Crippen LogP contribution in [-0.2, 0) is 21.4 Å². The van der Waals surface area contributed by atoms with Gasteiger partial charge in [0.05, 0.1) is 11.2 Å². The summed E-state index contributed by atoms with van der Waals surface area (Å²) in [5, 5.41) is 5.45. The standard InChI is InChI=1S/C35H38N4O6S/c1-23-9-12-26(13-10-23)46(40,41)45-33-32-28(31-27-8-5-4-7-25(27)11-14-30(31)44-22-42-3)18-36-19-29(32)37-34(38-33)43-21-35-15-6-16-39(35)20-24(2)17-35/h4-5,7-14,28,36H,2,6,15-22H2,1,3H3. The molecule has 3 aliphatic rings. The molecule has 0 aliphatic carbocycles. The van der Waals surface area contributed by atoms with E-state index in [4.69, 9.17) is 23.4 Å². The van der Waals surface area contributed by atoms with Crippen LogP contribution in [0.1, 0.15) is 47.6 Å². The van der Waals surface area contributed by atoms with Gasteiger partial charge in [0.25, 0.3) is 0 Å². The van der Waals surface area contributed by atoms with Gasteiger partial charge >= 0.3 is 16.1 Å². The van der Waals surface area contributed by atoms with E-state index in [-0.39, 0.29) is 29.1 Å². The normalized spacial score (nSPS) is 21.3. The van der Waals surface area contributed by atoms with Crippen LogP contribution in [0.5, 0.6) is 17.6 Å². The van der Waals surface area contributed by atoms with Crippen LogP contribution in [0.15, 0.2) is 77.7 Å². The van der Waals surface area contributed by atoms with Gasteiger partial charge in [-0.1, -0.05) is 60.2 Å². The second kappa shape index (κ2) is 12.3. The van der Waals surface area contributed by atoms with Crippen molar-refractivity contribution in [1.82, 2.24) is 20.2 Å². The summed E-state index contributed by atoms with van der Waals surface area (Å²) in [6, 6.07) is 18.6. The Bertz CT molecular complexity index is 1900. The van der Waals surface area contributed by atoms with Crippen molar-refractivity contribution in [2.24, 2.45) is 0 Å². The first-order valence-electron chi connectivity index (χ1n) is 15.6. The highest BCUT2D eigenvalue weighted by atomic mass is 32.2. The van der Waals surface area contributed by atoms with Crippen LogP contribution >= 0.6 is 0 Å². The summed E-state index contributed by atoms with van der Waals surface area (Å²) in [7, 11) is -2.67. The van der Waals surface area contributed by atoms with Crippen LogP contribution in [0.2, 0.25) is 0 Å². The molecular weight excluding hydrogens is 604 g/mol. The number of aryl methyl sites for hydroxylation is 1. The van der Waals surface area contributed by atoms with E-state index in [1.54, 1.807) is 19.2 Å². The number of benzene rings is 3. The first-order valence-corrected chi connectivity index (χ1v) is 17.0.